The summed E-state index contributed by atoms with van der Waals surface area (Å²) < 4.78 is 2.84. The van der Waals surface area contributed by atoms with Crippen molar-refractivity contribution in [1.29, 1.82) is 0 Å². The normalized spacial score (nSPS) is 13.3. The van der Waals surface area contributed by atoms with Gasteiger partial charge in [0.05, 0.1) is 22.5 Å². The summed E-state index contributed by atoms with van der Waals surface area (Å²) in [6.45, 7) is 1.80. The monoisotopic (exact) mass is 232 g/mol. The Kier molecular flexibility index (Phi) is 3.29. The molecule has 0 saturated heterocycles. The second kappa shape index (κ2) is 4.05. The topological polar surface area (TPSA) is 38.1 Å². The van der Waals surface area contributed by atoms with Crippen LogP contribution in [0.2, 0.25) is 0 Å². The minimum atomic E-state index is -0.244. The maximum atomic E-state index is 9.09. The van der Waals surface area contributed by atoms with E-state index in [4.69, 9.17) is 5.11 Å². The van der Waals surface area contributed by atoms with Crippen LogP contribution in [0, 0.1) is 0 Å². The molecule has 0 aliphatic carbocycles. The fourth-order valence-electron chi connectivity index (χ4n) is 1.06. The maximum absolute atomic E-state index is 9.09. The van der Waals surface area contributed by atoms with Crippen LogP contribution in [0.25, 0.3) is 0 Å². The molecule has 0 spiro atoms. The van der Waals surface area contributed by atoms with Gasteiger partial charge in [-0.15, -0.1) is 0 Å². The molecule has 0 aliphatic heterocycles. The quantitative estimate of drug-likeness (QED) is 0.858. The Bertz CT molecular complexity index is 238. The Morgan fingerprint density at radius 1 is 1.75 bits per heavy atom. The summed E-state index contributed by atoms with van der Waals surface area (Å²) in [5.41, 5.74) is 1.14. The maximum Gasteiger partial charge on any atom is 0.0635 e. The second-order valence-corrected chi connectivity index (χ2v) is 3.80. The van der Waals surface area contributed by atoms with Crippen LogP contribution >= 0.6 is 15.9 Å². The summed E-state index contributed by atoms with van der Waals surface area (Å²) in [5.74, 6) is 0. The lowest BCUT2D eigenvalue weighted by atomic mass is 10.2. The molecule has 1 aromatic heterocycles. The SMILES string of the molecule is CC(O)CCc1c(Br)cnn1C. The molecule has 0 amide bonds. The summed E-state index contributed by atoms with van der Waals surface area (Å²) in [7, 11) is 1.90. The first-order valence-corrected chi connectivity index (χ1v) is 4.75. The number of nitrogens with zero attached hydrogens (tertiary/aromatic N) is 2. The molecule has 1 unspecified atom stereocenters. The Morgan fingerprint density at radius 3 is 2.83 bits per heavy atom. The van der Waals surface area contributed by atoms with E-state index in [1.54, 1.807) is 13.1 Å². The summed E-state index contributed by atoms with van der Waals surface area (Å²) in [5, 5.41) is 13.2. The van der Waals surface area contributed by atoms with Crippen molar-refractivity contribution >= 4 is 15.9 Å². The van der Waals surface area contributed by atoms with E-state index in [1.807, 2.05) is 11.7 Å². The molecule has 1 N–H and O–H groups in total. The molecule has 0 aromatic carbocycles. The largest absolute Gasteiger partial charge is 0.393 e. The first kappa shape index (κ1) is 9.74. The third kappa shape index (κ3) is 2.32. The van der Waals surface area contributed by atoms with Crippen LogP contribution in [-0.4, -0.2) is 21.0 Å². The van der Waals surface area contributed by atoms with Crippen molar-refractivity contribution in [2.75, 3.05) is 0 Å². The highest BCUT2D eigenvalue weighted by Crippen LogP contribution is 2.16. The van der Waals surface area contributed by atoms with Gasteiger partial charge in [-0.3, -0.25) is 4.68 Å². The summed E-state index contributed by atoms with van der Waals surface area (Å²) in [6.07, 6.45) is 3.16. The molecular formula is C8H13BrN2O. The number of aryl methyl sites for hydroxylation is 1. The molecule has 1 heterocycles. The van der Waals surface area contributed by atoms with Crippen molar-refractivity contribution in [1.82, 2.24) is 9.78 Å². The number of halogens is 1. The van der Waals surface area contributed by atoms with E-state index in [0.29, 0.717) is 0 Å². The third-order valence-corrected chi connectivity index (χ3v) is 2.47. The van der Waals surface area contributed by atoms with Crippen LogP contribution in [0.1, 0.15) is 19.0 Å². The van der Waals surface area contributed by atoms with Crippen molar-refractivity contribution in [2.45, 2.75) is 25.9 Å². The molecule has 68 valence electrons. The highest BCUT2D eigenvalue weighted by Gasteiger charge is 2.06. The van der Waals surface area contributed by atoms with E-state index in [2.05, 4.69) is 21.0 Å². The van der Waals surface area contributed by atoms with Gasteiger partial charge in [0.15, 0.2) is 0 Å². The predicted octanol–water partition coefficient (Wildman–Crippen LogP) is 1.50. The molecule has 4 heteroatoms. The highest BCUT2D eigenvalue weighted by molar-refractivity contribution is 9.10. The lowest BCUT2D eigenvalue weighted by molar-refractivity contribution is 0.184. The summed E-state index contributed by atoms with van der Waals surface area (Å²) >= 11 is 3.40. The highest BCUT2D eigenvalue weighted by atomic mass is 79.9. The summed E-state index contributed by atoms with van der Waals surface area (Å²) in [6, 6.07) is 0. The van der Waals surface area contributed by atoms with Crippen LogP contribution in [0.3, 0.4) is 0 Å². The van der Waals surface area contributed by atoms with Gasteiger partial charge in [0.1, 0.15) is 0 Å². The van der Waals surface area contributed by atoms with E-state index in [1.165, 1.54) is 0 Å². The smallest absolute Gasteiger partial charge is 0.0635 e. The van der Waals surface area contributed by atoms with Gasteiger partial charge in [0.2, 0.25) is 0 Å². The van der Waals surface area contributed by atoms with Crippen molar-refractivity contribution in [3.05, 3.63) is 16.4 Å². The molecule has 0 bridgehead atoms. The molecule has 12 heavy (non-hydrogen) atoms. The van der Waals surface area contributed by atoms with Gasteiger partial charge in [-0.05, 0) is 35.7 Å². The van der Waals surface area contributed by atoms with Crippen LogP contribution in [0.5, 0.6) is 0 Å². The standard InChI is InChI=1S/C8H13BrN2O/c1-6(12)3-4-8-7(9)5-10-11(8)2/h5-6,12H,3-4H2,1-2H3. The number of hydrogen-bond acceptors (Lipinski definition) is 2. The second-order valence-electron chi connectivity index (χ2n) is 2.95. The van der Waals surface area contributed by atoms with Crippen molar-refractivity contribution in [2.24, 2.45) is 7.05 Å². The molecule has 0 saturated carbocycles. The van der Waals surface area contributed by atoms with Crippen LogP contribution in [0.4, 0.5) is 0 Å². The molecule has 0 aliphatic rings. The van der Waals surface area contributed by atoms with Crippen molar-refractivity contribution in [3.8, 4) is 0 Å². The van der Waals surface area contributed by atoms with Gasteiger partial charge in [-0.2, -0.15) is 5.10 Å². The Balaban J connectivity index is 2.62. The minimum Gasteiger partial charge on any atom is -0.393 e. The first-order valence-electron chi connectivity index (χ1n) is 3.95. The van der Waals surface area contributed by atoms with Gasteiger partial charge in [0, 0.05) is 7.05 Å². The van der Waals surface area contributed by atoms with E-state index in [9.17, 15) is 0 Å². The Morgan fingerprint density at radius 2 is 2.42 bits per heavy atom. The van der Waals surface area contributed by atoms with E-state index in [0.717, 1.165) is 23.0 Å². The van der Waals surface area contributed by atoms with Gasteiger partial charge in [-0.1, -0.05) is 0 Å². The molecule has 1 aromatic rings. The van der Waals surface area contributed by atoms with Gasteiger partial charge in [-0.25, -0.2) is 0 Å². The molecule has 1 atom stereocenters. The van der Waals surface area contributed by atoms with E-state index < -0.39 is 0 Å². The molecular weight excluding hydrogens is 220 g/mol. The van der Waals surface area contributed by atoms with Crippen molar-refractivity contribution < 1.29 is 5.11 Å². The zero-order valence-corrected chi connectivity index (χ0v) is 8.87. The zero-order chi connectivity index (χ0) is 9.14. The van der Waals surface area contributed by atoms with Gasteiger partial charge in [0.25, 0.3) is 0 Å². The Hall–Kier alpha value is -0.350. The first-order chi connectivity index (χ1) is 5.61. The van der Waals surface area contributed by atoms with Crippen LogP contribution in [0.15, 0.2) is 10.7 Å². The molecule has 0 fully saturated rings. The van der Waals surface area contributed by atoms with Gasteiger partial charge >= 0.3 is 0 Å². The lowest BCUT2D eigenvalue weighted by Crippen LogP contribution is -2.05. The molecule has 1 rings (SSSR count). The third-order valence-electron chi connectivity index (χ3n) is 1.81. The number of rotatable bonds is 3. The zero-order valence-electron chi connectivity index (χ0n) is 7.29. The fraction of sp³-hybridized carbons (Fsp3) is 0.625. The molecule has 3 nitrogen and oxygen atoms in total. The number of aromatic nitrogens is 2. The minimum absolute atomic E-state index is 0.244. The van der Waals surface area contributed by atoms with Gasteiger partial charge < -0.3 is 5.11 Å². The average molecular weight is 233 g/mol. The summed E-state index contributed by atoms with van der Waals surface area (Å²) in [4.78, 5) is 0. The van der Waals surface area contributed by atoms with E-state index in [-0.39, 0.29) is 6.10 Å². The van der Waals surface area contributed by atoms with Crippen molar-refractivity contribution in [3.63, 3.8) is 0 Å². The van der Waals surface area contributed by atoms with E-state index >= 15 is 0 Å². The van der Waals surface area contributed by atoms with Crippen LogP contribution < -0.4 is 0 Å². The Labute approximate surface area is 80.5 Å². The number of aliphatic hydroxyl groups is 1. The number of aliphatic hydroxyl groups excluding tert-OH is 1. The fourth-order valence-corrected chi connectivity index (χ4v) is 1.61. The average Bonchev–Trinajstić information content (AvgIpc) is 2.28. The molecule has 0 radical (unpaired) electrons. The number of hydrogen-bond donors (Lipinski definition) is 1. The lowest BCUT2D eigenvalue weighted by Gasteiger charge is -2.04. The predicted molar refractivity (Wildman–Crippen MR) is 50.9 cm³/mol. The van der Waals surface area contributed by atoms with Crippen LogP contribution in [-0.2, 0) is 13.5 Å².